The van der Waals surface area contributed by atoms with Crippen LogP contribution in [0.4, 0.5) is 5.69 Å². The Morgan fingerprint density at radius 2 is 1.82 bits per heavy atom. The highest BCUT2D eigenvalue weighted by molar-refractivity contribution is 5.97. The first kappa shape index (κ1) is 24.5. The van der Waals surface area contributed by atoms with Gasteiger partial charge in [0.2, 0.25) is 0 Å². The summed E-state index contributed by atoms with van der Waals surface area (Å²) < 4.78 is 10.9. The van der Waals surface area contributed by atoms with E-state index < -0.39 is 12.1 Å². The number of H-pyrrole nitrogens is 1. The second-order valence-electron chi connectivity index (χ2n) is 10.2. The van der Waals surface area contributed by atoms with Crippen LogP contribution in [0.2, 0.25) is 0 Å². The van der Waals surface area contributed by atoms with E-state index in [4.69, 9.17) is 9.47 Å². The van der Waals surface area contributed by atoms with Crippen LogP contribution < -0.4 is 9.64 Å². The number of piperazine rings is 1. The van der Waals surface area contributed by atoms with E-state index in [-0.39, 0.29) is 6.61 Å². The lowest BCUT2D eigenvalue weighted by molar-refractivity contribution is 0.0409. The predicted octanol–water partition coefficient (Wildman–Crippen LogP) is 4.76. The van der Waals surface area contributed by atoms with Crippen molar-refractivity contribution in [3.63, 3.8) is 0 Å². The van der Waals surface area contributed by atoms with E-state index in [2.05, 4.69) is 69.4 Å². The second-order valence-corrected chi connectivity index (χ2v) is 10.2. The highest BCUT2D eigenvalue weighted by Gasteiger charge is 2.35. The summed E-state index contributed by atoms with van der Waals surface area (Å²) in [5.74, 6) is 0.207. The van der Waals surface area contributed by atoms with Crippen molar-refractivity contribution in [2.45, 2.75) is 31.0 Å². The van der Waals surface area contributed by atoms with Crippen LogP contribution in [0.1, 0.15) is 23.3 Å². The Balaban J connectivity index is 1.13. The van der Waals surface area contributed by atoms with Crippen molar-refractivity contribution in [3.8, 4) is 5.75 Å². The zero-order valence-corrected chi connectivity index (χ0v) is 21.5. The van der Waals surface area contributed by atoms with Gasteiger partial charge in [-0.05, 0) is 53.9 Å². The number of aromatic amines is 1. The van der Waals surface area contributed by atoms with Crippen LogP contribution in [0.25, 0.3) is 21.7 Å². The van der Waals surface area contributed by atoms with Gasteiger partial charge in [0.15, 0.2) is 0 Å². The topological polar surface area (TPSA) is 78.0 Å². The monoisotopic (exact) mass is 511 g/mol. The van der Waals surface area contributed by atoms with Crippen LogP contribution in [0.3, 0.4) is 0 Å². The maximum atomic E-state index is 11.9. The molecule has 0 aliphatic carbocycles. The lowest BCUT2D eigenvalue weighted by atomic mass is 9.96. The molecule has 0 unspecified atom stereocenters. The number of aliphatic hydroxyl groups is 1. The lowest BCUT2D eigenvalue weighted by Gasteiger charge is -2.48. The smallest absolute Gasteiger partial charge is 0.354 e. The standard InChI is InChI=1S/C31H33N3O4/c1-37-31(36)29-16-27-28(32-29)11-6-12-30(27)38-20-26(35)19-33-17-25-10-5-4-9-24(33)18-34(25)23-14-13-21-7-2-3-8-22(21)15-23/h2-8,11-16,24-26,32,35H,9-10,17-20H2,1H3/b5-4-/t24-,25-,26-/m0/s1. The van der Waals surface area contributed by atoms with E-state index in [9.17, 15) is 9.90 Å². The van der Waals surface area contributed by atoms with Crippen LogP contribution in [0.5, 0.6) is 5.75 Å². The lowest BCUT2D eigenvalue weighted by Crippen LogP contribution is -2.60. The average Bonchev–Trinajstić information content (AvgIpc) is 3.37. The SMILES string of the molecule is COC(=O)c1cc2c(OC[C@@H](O)CN3C[C@@H]4C/C=C\C[C@H]3CN4c3ccc4ccccc4c3)cccc2[nH]1. The fourth-order valence-corrected chi connectivity index (χ4v) is 5.82. The number of anilines is 1. The molecule has 1 fully saturated rings. The van der Waals surface area contributed by atoms with Crippen molar-refractivity contribution >= 4 is 33.3 Å². The quantitative estimate of drug-likeness (QED) is 0.275. The van der Waals surface area contributed by atoms with Crippen LogP contribution >= 0.6 is 0 Å². The fourth-order valence-electron chi connectivity index (χ4n) is 5.82. The van der Waals surface area contributed by atoms with Crippen molar-refractivity contribution in [2.24, 2.45) is 0 Å². The Bertz CT molecular complexity index is 1480. The number of nitrogens with one attached hydrogen (secondary N) is 1. The van der Waals surface area contributed by atoms with Crippen LogP contribution in [-0.2, 0) is 4.74 Å². The van der Waals surface area contributed by atoms with Crippen molar-refractivity contribution in [2.75, 3.05) is 38.3 Å². The molecule has 7 heteroatoms. The van der Waals surface area contributed by atoms with Gasteiger partial charge < -0.3 is 24.5 Å². The van der Waals surface area contributed by atoms with Crippen molar-refractivity contribution in [1.29, 1.82) is 0 Å². The largest absolute Gasteiger partial charge is 0.490 e. The molecule has 38 heavy (non-hydrogen) atoms. The number of fused-ring (bicyclic) bond motifs is 6. The number of rotatable bonds is 7. The molecule has 3 aliphatic heterocycles. The van der Waals surface area contributed by atoms with Gasteiger partial charge in [-0.25, -0.2) is 4.79 Å². The summed E-state index contributed by atoms with van der Waals surface area (Å²) in [5, 5.41) is 14.3. The van der Waals surface area contributed by atoms with Crippen molar-refractivity contribution < 1.29 is 19.4 Å². The van der Waals surface area contributed by atoms with Gasteiger partial charge in [-0.1, -0.05) is 48.6 Å². The van der Waals surface area contributed by atoms with Crippen LogP contribution in [0.15, 0.2) is 78.9 Å². The van der Waals surface area contributed by atoms with Gasteiger partial charge in [0.1, 0.15) is 24.2 Å². The molecule has 3 aliphatic rings. The molecule has 0 saturated carbocycles. The maximum absolute atomic E-state index is 11.9. The van der Waals surface area contributed by atoms with E-state index in [1.165, 1.54) is 23.6 Å². The molecule has 2 bridgehead atoms. The molecule has 2 N–H and O–H groups in total. The molecular formula is C31H33N3O4. The molecule has 4 aromatic rings. The minimum absolute atomic E-state index is 0.177. The Morgan fingerprint density at radius 1 is 1.00 bits per heavy atom. The number of benzene rings is 3. The first-order chi connectivity index (χ1) is 18.6. The van der Waals surface area contributed by atoms with Gasteiger partial charge in [-0.3, -0.25) is 4.90 Å². The maximum Gasteiger partial charge on any atom is 0.354 e. The van der Waals surface area contributed by atoms with Gasteiger partial charge in [-0.2, -0.15) is 0 Å². The van der Waals surface area contributed by atoms with E-state index in [0.29, 0.717) is 30.1 Å². The minimum Gasteiger partial charge on any atom is -0.490 e. The molecule has 1 aromatic heterocycles. The first-order valence-corrected chi connectivity index (χ1v) is 13.2. The molecule has 0 amide bonds. The third-order valence-electron chi connectivity index (χ3n) is 7.76. The van der Waals surface area contributed by atoms with Crippen LogP contribution in [0, 0.1) is 0 Å². The molecule has 1 saturated heterocycles. The fraction of sp³-hybridized carbons (Fsp3) is 0.323. The van der Waals surface area contributed by atoms with Gasteiger partial charge in [0.25, 0.3) is 0 Å². The molecule has 7 nitrogen and oxygen atoms in total. The summed E-state index contributed by atoms with van der Waals surface area (Å²) in [7, 11) is 1.36. The third-order valence-corrected chi connectivity index (χ3v) is 7.76. The van der Waals surface area contributed by atoms with Crippen LogP contribution in [-0.4, -0.2) is 72.5 Å². The van der Waals surface area contributed by atoms with Gasteiger partial charge in [0, 0.05) is 48.3 Å². The predicted molar refractivity (Wildman–Crippen MR) is 150 cm³/mol. The number of aromatic nitrogens is 1. The Hall–Kier alpha value is -3.81. The van der Waals surface area contributed by atoms with E-state index >= 15 is 0 Å². The number of carbonyl (C=O) groups is 1. The van der Waals surface area contributed by atoms with E-state index in [0.717, 1.165) is 36.8 Å². The summed E-state index contributed by atoms with van der Waals surface area (Å²) in [6.45, 7) is 2.56. The molecule has 3 aromatic carbocycles. The zero-order valence-electron chi connectivity index (χ0n) is 21.5. The Kier molecular flexibility index (Phi) is 6.79. The minimum atomic E-state index is -0.636. The Morgan fingerprint density at radius 3 is 2.66 bits per heavy atom. The summed E-state index contributed by atoms with van der Waals surface area (Å²) in [6, 6.07) is 23.3. The summed E-state index contributed by atoms with van der Waals surface area (Å²) in [6.07, 6.45) is 5.91. The number of esters is 1. The second kappa shape index (κ2) is 10.5. The molecule has 4 heterocycles. The van der Waals surface area contributed by atoms with Crippen molar-refractivity contribution in [3.05, 3.63) is 84.6 Å². The Labute approximate surface area is 222 Å². The molecule has 7 rings (SSSR count). The molecular weight excluding hydrogens is 478 g/mol. The number of hydrogen-bond acceptors (Lipinski definition) is 6. The summed E-state index contributed by atoms with van der Waals surface area (Å²) in [4.78, 5) is 20.0. The first-order valence-electron chi connectivity index (χ1n) is 13.2. The van der Waals surface area contributed by atoms with Gasteiger partial charge >= 0.3 is 5.97 Å². The molecule has 3 atom stereocenters. The third kappa shape index (κ3) is 4.87. The average molecular weight is 512 g/mol. The zero-order chi connectivity index (χ0) is 26.1. The summed E-state index contributed by atoms with van der Waals surface area (Å²) >= 11 is 0. The number of aliphatic hydroxyl groups excluding tert-OH is 1. The van der Waals surface area contributed by atoms with E-state index in [1.807, 2.05) is 18.2 Å². The van der Waals surface area contributed by atoms with Crippen molar-refractivity contribution in [1.82, 2.24) is 9.88 Å². The van der Waals surface area contributed by atoms with Gasteiger partial charge in [-0.15, -0.1) is 0 Å². The number of carbonyl (C=O) groups excluding carboxylic acids is 1. The number of hydrogen-bond donors (Lipinski definition) is 2. The number of nitrogens with zero attached hydrogens (tertiary/aromatic N) is 2. The van der Waals surface area contributed by atoms with E-state index in [1.54, 1.807) is 6.07 Å². The normalized spacial score (nSPS) is 21.3. The number of methoxy groups -OCH3 is 1. The molecule has 0 spiro atoms. The summed E-state index contributed by atoms with van der Waals surface area (Å²) in [5.41, 5.74) is 2.43. The highest BCUT2D eigenvalue weighted by Crippen LogP contribution is 2.31. The number of ether oxygens (including phenoxy) is 2. The highest BCUT2D eigenvalue weighted by atomic mass is 16.5. The molecule has 196 valence electrons. The molecule has 0 radical (unpaired) electrons. The van der Waals surface area contributed by atoms with Gasteiger partial charge in [0.05, 0.1) is 7.11 Å².